The molecule has 1 atom stereocenters. The number of anilines is 1. The number of rotatable bonds is 5. The molecule has 2 rings (SSSR count). The number of hydrogen-bond donors (Lipinski definition) is 3. The van der Waals surface area contributed by atoms with Crippen LogP contribution in [-0.4, -0.2) is 16.6 Å². The van der Waals surface area contributed by atoms with Crippen molar-refractivity contribution in [1.29, 1.82) is 5.26 Å². The minimum atomic E-state index is -1.51. The van der Waals surface area contributed by atoms with Crippen LogP contribution in [0.25, 0.3) is 0 Å². The van der Waals surface area contributed by atoms with Gasteiger partial charge in [0.15, 0.2) is 0 Å². The fraction of sp³-hybridized carbons (Fsp3) is 0.429. The number of hydrogen-bond acceptors (Lipinski definition) is 4. The average Bonchev–Trinajstić information content (AvgIpc) is 3.03. The Labute approximate surface area is 188 Å². The molecule has 0 saturated heterocycles. The van der Waals surface area contributed by atoms with E-state index in [0.717, 1.165) is 22.5 Å². The lowest BCUT2D eigenvalue weighted by atomic mass is 9.90. The topological polar surface area (TPSA) is 143 Å². The van der Waals surface area contributed by atoms with E-state index in [1.807, 2.05) is 27.7 Å². The van der Waals surface area contributed by atoms with Crippen molar-refractivity contribution in [2.75, 3.05) is 5.32 Å². The van der Waals surface area contributed by atoms with E-state index in [9.17, 15) is 19.6 Å². The van der Waals surface area contributed by atoms with E-state index in [1.165, 1.54) is 6.07 Å². The Morgan fingerprint density at radius 1 is 1.26 bits per heavy atom. The minimum Gasteiger partial charge on any atom is -0.412 e. The molecule has 31 heavy (non-hydrogen) atoms. The number of halogens is 1. The molecule has 7 nitrogen and oxygen atoms in total. The Balaban J connectivity index is 0.00000480. The zero-order chi connectivity index (χ0) is 22.8. The number of nitrogens with two attached hydrogens (primary N) is 1. The number of carbonyl (C=O) groups excluding carboxylic acids is 1. The first kappa shape index (κ1) is 26.9. The predicted molar refractivity (Wildman–Crippen MR) is 124 cm³/mol. The van der Waals surface area contributed by atoms with Crippen LogP contribution in [0.5, 0.6) is 0 Å². The maximum absolute atomic E-state index is 14.3. The van der Waals surface area contributed by atoms with Crippen molar-refractivity contribution >= 4 is 33.9 Å². The van der Waals surface area contributed by atoms with Gasteiger partial charge in [0.05, 0.1) is 17.2 Å². The maximum atomic E-state index is 14.3. The van der Waals surface area contributed by atoms with Gasteiger partial charge in [0.25, 0.3) is 0 Å². The van der Waals surface area contributed by atoms with E-state index in [-0.39, 0.29) is 21.5 Å². The second-order valence-electron chi connectivity index (χ2n) is 8.09. The summed E-state index contributed by atoms with van der Waals surface area (Å²) in [6.07, 6.45) is 0. The smallest absolute Gasteiger partial charge is 0.352 e. The van der Waals surface area contributed by atoms with Crippen molar-refractivity contribution in [2.45, 2.75) is 63.2 Å². The summed E-state index contributed by atoms with van der Waals surface area (Å²) in [4.78, 5) is 13.0. The summed E-state index contributed by atoms with van der Waals surface area (Å²) in [7, 11) is -1.51. The zero-order valence-corrected chi connectivity index (χ0v) is 20.0. The number of amides is 2. The first-order chi connectivity index (χ1) is 13.8. The molecule has 1 unspecified atom stereocenters. The SMILES string of the molecule is CC(C)c1cc(C#N)cc(C(C)C)c1NC(=O)N=S(N)c1sc(C(C)(C)O)cc1F.O. The molecule has 0 aliphatic carbocycles. The summed E-state index contributed by atoms with van der Waals surface area (Å²) in [6.45, 7) is 11.0. The van der Waals surface area contributed by atoms with Crippen LogP contribution in [0.3, 0.4) is 0 Å². The fourth-order valence-corrected chi connectivity index (χ4v) is 4.92. The van der Waals surface area contributed by atoms with Crippen LogP contribution in [-0.2, 0) is 16.5 Å². The molecule has 10 heteroatoms. The highest BCUT2D eigenvalue weighted by Crippen LogP contribution is 2.35. The maximum Gasteiger partial charge on any atom is 0.352 e. The minimum absolute atomic E-state index is 0. The molecular formula is C21H29FN4O3S2. The monoisotopic (exact) mass is 468 g/mol. The number of urea groups is 1. The molecule has 0 aliphatic rings. The lowest BCUT2D eigenvalue weighted by molar-refractivity contribution is 0.0823. The van der Waals surface area contributed by atoms with Gasteiger partial charge in [-0.25, -0.2) is 9.18 Å². The molecule has 0 saturated carbocycles. The number of nitriles is 1. The van der Waals surface area contributed by atoms with E-state index < -0.39 is 28.3 Å². The molecule has 0 spiro atoms. The molecule has 0 radical (unpaired) electrons. The first-order valence-corrected chi connectivity index (χ1v) is 11.5. The Bertz CT molecular complexity index is 1010. The fourth-order valence-electron chi connectivity index (χ4n) is 2.86. The highest BCUT2D eigenvalue weighted by atomic mass is 32.2. The van der Waals surface area contributed by atoms with Crippen molar-refractivity contribution in [3.63, 3.8) is 0 Å². The van der Waals surface area contributed by atoms with Gasteiger partial charge >= 0.3 is 6.03 Å². The third-order valence-corrected chi connectivity index (χ3v) is 7.35. The highest BCUT2D eigenvalue weighted by molar-refractivity contribution is 7.87. The zero-order valence-electron chi connectivity index (χ0n) is 18.4. The third-order valence-electron chi connectivity index (χ3n) is 4.43. The third kappa shape index (κ3) is 6.41. The van der Waals surface area contributed by atoms with Gasteiger partial charge in [-0.2, -0.15) is 9.62 Å². The lowest BCUT2D eigenvalue weighted by Gasteiger charge is -2.20. The second-order valence-corrected chi connectivity index (χ2v) is 10.6. The molecule has 0 fully saturated rings. The summed E-state index contributed by atoms with van der Waals surface area (Å²) >= 11 is 0.996. The van der Waals surface area contributed by atoms with Gasteiger partial charge in [0.2, 0.25) is 0 Å². The van der Waals surface area contributed by atoms with Gasteiger partial charge in [0, 0.05) is 21.4 Å². The molecule has 2 amide bonds. The number of carbonyl (C=O) groups is 1. The predicted octanol–water partition coefficient (Wildman–Crippen LogP) is 4.67. The Morgan fingerprint density at radius 2 is 1.77 bits per heavy atom. The largest absolute Gasteiger partial charge is 0.412 e. The van der Waals surface area contributed by atoms with Gasteiger partial charge in [-0.1, -0.05) is 27.7 Å². The summed E-state index contributed by atoms with van der Waals surface area (Å²) in [6, 6.07) is 6.19. The second kappa shape index (κ2) is 10.4. The summed E-state index contributed by atoms with van der Waals surface area (Å²) < 4.78 is 18.3. The molecule has 1 heterocycles. The van der Waals surface area contributed by atoms with Crippen LogP contribution < -0.4 is 10.5 Å². The van der Waals surface area contributed by atoms with E-state index in [1.54, 1.807) is 26.0 Å². The summed E-state index contributed by atoms with van der Waals surface area (Å²) in [5.41, 5.74) is 1.57. The van der Waals surface area contributed by atoms with Gasteiger partial charge < -0.3 is 15.9 Å². The van der Waals surface area contributed by atoms with Crippen molar-refractivity contribution in [1.82, 2.24) is 0 Å². The van der Waals surface area contributed by atoms with Crippen molar-refractivity contribution in [3.05, 3.63) is 45.6 Å². The number of benzene rings is 1. The summed E-state index contributed by atoms with van der Waals surface area (Å²) in [5, 5.41) is 28.2. The molecule has 0 aliphatic heterocycles. The number of thiophene rings is 1. The van der Waals surface area contributed by atoms with Crippen LogP contribution in [0, 0.1) is 17.1 Å². The van der Waals surface area contributed by atoms with Crippen molar-refractivity contribution in [3.8, 4) is 6.07 Å². The molecule has 0 bridgehead atoms. The molecule has 6 N–H and O–H groups in total. The lowest BCUT2D eigenvalue weighted by Crippen LogP contribution is -2.15. The molecule has 1 aromatic carbocycles. The Morgan fingerprint density at radius 3 is 2.16 bits per heavy atom. The van der Waals surface area contributed by atoms with Gasteiger partial charge in [-0.05, 0) is 55.0 Å². The van der Waals surface area contributed by atoms with Gasteiger partial charge in [-0.3, -0.25) is 5.14 Å². The van der Waals surface area contributed by atoms with Crippen LogP contribution in [0.4, 0.5) is 14.9 Å². The van der Waals surface area contributed by atoms with E-state index >= 15 is 0 Å². The van der Waals surface area contributed by atoms with Crippen molar-refractivity contribution < 1.29 is 19.8 Å². The van der Waals surface area contributed by atoms with Crippen LogP contribution in [0.15, 0.2) is 26.8 Å². The van der Waals surface area contributed by atoms with E-state index in [4.69, 9.17) is 5.14 Å². The van der Waals surface area contributed by atoms with Crippen molar-refractivity contribution in [2.24, 2.45) is 9.50 Å². The van der Waals surface area contributed by atoms with Crippen LogP contribution in [0.1, 0.15) is 74.9 Å². The Hall–Kier alpha value is -2.16. The molecular weight excluding hydrogens is 439 g/mol. The van der Waals surface area contributed by atoms with Crippen LogP contribution >= 0.6 is 11.3 Å². The highest BCUT2D eigenvalue weighted by Gasteiger charge is 2.23. The number of nitrogens with one attached hydrogen (secondary N) is 1. The molecule has 1 aromatic heterocycles. The quantitative estimate of drug-likeness (QED) is 0.585. The standard InChI is InChI=1S/C21H27FN4O2S2.H2O/c1-11(2)14-7-13(10-23)8-15(12(3)4)18(14)25-20(27)26-30(24)19-16(22)9-17(29-19)21(5,6)28;/h7-9,11-12,28H,1-6H3,(H3,24,25,26,27);1H2. The van der Waals surface area contributed by atoms with Gasteiger partial charge in [-0.15, -0.1) is 11.3 Å². The first-order valence-electron chi connectivity index (χ1n) is 9.46. The van der Waals surface area contributed by atoms with E-state index in [0.29, 0.717) is 16.1 Å². The summed E-state index contributed by atoms with van der Waals surface area (Å²) in [5.74, 6) is -0.471. The normalized spacial score (nSPS) is 12.6. The van der Waals surface area contributed by atoms with E-state index in [2.05, 4.69) is 15.7 Å². The number of aliphatic hydroxyl groups is 1. The average molecular weight is 469 g/mol. The Kier molecular flexibility index (Phi) is 9.05. The number of nitrogens with zero attached hydrogens (tertiary/aromatic N) is 2. The molecule has 2 aromatic rings. The molecule has 170 valence electrons. The van der Waals surface area contributed by atoms with Gasteiger partial charge in [0.1, 0.15) is 10.0 Å². The van der Waals surface area contributed by atoms with Crippen LogP contribution in [0.2, 0.25) is 0 Å².